The monoisotopic (exact) mass is 261 g/mol. The molecular formula is C16H23NO2. The molecule has 2 rings (SSSR count). The molecule has 1 fully saturated rings. The fourth-order valence-corrected chi connectivity index (χ4v) is 2.91. The fraction of sp³-hybridized carbons (Fsp3) is 0.562. The molecule has 2 atom stereocenters. The molecule has 0 aromatic heterocycles. The lowest BCUT2D eigenvalue weighted by molar-refractivity contribution is 0.112. The lowest BCUT2D eigenvalue weighted by atomic mass is 9.92. The predicted molar refractivity (Wildman–Crippen MR) is 76.7 cm³/mol. The zero-order chi connectivity index (χ0) is 13.7. The molecule has 1 aliphatic rings. The van der Waals surface area contributed by atoms with Gasteiger partial charge in [0.1, 0.15) is 18.6 Å². The zero-order valence-electron chi connectivity index (χ0n) is 11.8. The summed E-state index contributed by atoms with van der Waals surface area (Å²) < 4.78 is 5.72. The second-order valence-corrected chi connectivity index (χ2v) is 5.74. The molecule has 1 aliphatic heterocycles. The van der Waals surface area contributed by atoms with Crippen LogP contribution in [0, 0.1) is 11.8 Å². The number of aldehydes is 1. The van der Waals surface area contributed by atoms with Gasteiger partial charge < -0.3 is 4.74 Å². The van der Waals surface area contributed by atoms with Crippen LogP contribution in [0.3, 0.4) is 0 Å². The molecule has 104 valence electrons. The average molecular weight is 261 g/mol. The van der Waals surface area contributed by atoms with E-state index in [1.165, 1.54) is 19.5 Å². The highest BCUT2D eigenvalue weighted by atomic mass is 16.5. The second-order valence-electron chi connectivity index (χ2n) is 5.74. The Bertz CT molecular complexity index is 392. The van der Waals surface area contributed by atoms with Gasteiger partial charge in [-0.05, 0) is 42.5 Å². The number of nitrogens with zero attached hydrogens (tertiary/aromatic N) is 1. The van der Waals surface area contributed by atoms with Crippen molar-refractivity contribution >= 4 is 6.29 Å². The Labute approximate surface area is 115 Å². The Hall–Kier alpha value is -1.35. The largest absolute Gasteiger partial charge is 0.492 e. The number of likely N-dealkylation sites (tertiary alicyclic amines) is 1. The molecule has 1 aromatic carbocycles. The van der Waals surface area contributed by atoms with E-state index >= 15 is 0 Å². The van der Waals surface area contributed by atoms with Crippen molar-refractivity contribution in [2.75, 3.05) is 26.2 Å². The summed E-state index contributed by atoms with van der Waals surface area (Å²) in [5, 5.41) is 0. The number of piperidine rings is 1. The average Bonchev–Trinajstić information content (AvgIpc) is 2.38. The minimum atomic E-state index is 0.686. The fourth-order valence-electron chi connectivity index (χ4n) is 2.91. The number of hydrogen-bond acceptors (Lipinski definition) is 3. The first kappa shape index (κ1) is 14.1. The van der Waals surface area contributed by atoms with E-state index in [-0.39, 0.29) is 0 Å². The summed E-state index contributed by atoms with van der Waals surface area (Å²) in [6.45, 7) is 8.68. The standard InChI is InChI=1S/C16H23NO2/c1-13-9-14(2)11-17(10-13)7-8-19-16-5-3-15(12-18)4-6-16/h3-6,12-14H,7-11H2,1-2H3/t13-,14-/m1/s1. The molecule has 0 unspecified atom stereocenters. The third-order valence-electron chi connectivity index (χ3n) is 3.64. The van der Waals surface area contributed by atoms with Crippen LogP contribution in [-0.2, 0) is 0 Å². The third-order valence-corrected chi connectivity index (χ3v) is 3.64. The van der Waals surface area contributed by atoms with Crippen molar-refractivity contribution < 1.29 is 9.53 Å². The minimum Gasteiger partial charge on any atom is -0.492 e. The topological polar surface area (TPSA) is 29.5 Å². The van der Waals surface area contributed by atoms with E-state index in [1.807, 2.05) is 12.1 Å². The summed E-state index contributed by atoms with van der Waals surface area (Å²) in [6.07, 6.45) is 2.19. The Morgan fingerprint density at radius 3 is 2.42 bits per heavy atom. The van der Waals surface area contributed by atoms with Crippen molar-refractivity contribution in [3.63, 3.8) is 0 Å². The molecule has 0 spiro atoms. The molecule has 0 saturated carbocycles. The molecule has 1 saturated heterocycles. The van der Waals surface area contributed by atoms with Gasteiger partial charge in [0.25, 0.3) is 0 Å². The highest BCUT2D eigenvalue weighted by Crippen LogP contribution is 2.20. The van der Waals surface area contributed by atoms with E-state index in [4.69, 9.17) is 4.74 Å². The van der Waals surface area contributed by atoms with Gasteiger partial charge in [-0.25, -0.2) is 0 Å². The van der Waals surface area contributed by atoms with Gasteiger partial charge in [-0.1, -0.05) is 13.8 Å². The maximum atomic E-state index is 10.6. The number of carbonyl (C=O) groups is 1. The van der Waals surface area contributed by atoms with E-state index < -0.39 is 0 Å². The summed E-state index contributed by atoms with van der Waals surface area (Å²) in [7, 11) is 0. The van der Waals surface area contributed by atoms with Crippen LogP contribution in [0.1, 0.15) is 30.6 Å². The maximum absolute atomic E-state index is 10.6. The van der Waals surface area contributed by atoms with Gasteiger partial charge in [0.15, 0.2) is 0 Å². The number of benzene rings is 1. The van der Waals surface area contributed by atoms with E-state index in [9.17, 15) is 4.79 Å². The van der Waals surface area contributed by atoms with Gasteiger partial charge in [0.05, 0.1) is 0 Å². The first-order chi connectivity index (χ1) is 9.17. The van der Waals surface area contributed by atoms with Crippen LogP contribution < -0.4 is 4.74 Å². The highest BCUT2D eigenvalue weighted by Gasteiger charge is 2.21. The summed E-state index contributed by atoms with van der Waals surface area (Å²) in [6, 6.07) is 7.27. The minimum absolute atomic E-state index is 0.686. The van der Waals surface area contributed by atoms with Gasteiger partial charge in [-0.3, -0.25) is 9.69 Å². The van der Waals surface area contributed by atoms with E-state index in [2.05, 4.69) is 18.7 Å². The van der Waals surface area contributed by atoms with Gasteiger partial charge in [-0.15, -0.1) is 0 Å². The first-order valence-electron chi connectivity index (χ1n) is 7.07. The Morgan fingerprint density at radius 2 is 1.84 bits per heavy atom. The number of hydrogen-bond donors (Lipinski definition) is 0. The van der Waals surface area contributed by atoms with Crippen LogP contribution in [-0.4, -0.2) is 37.4 Å². The Kier molecular flexibility index (Phi) is 4.97. The summed E-state index contributed by atoms with van der Waals surface area (Å²) >= 11 is 0. The number of ether oxygens (including phenoxy) is 1. The molecule has 0 N–H and O–H groups in total. The highest BCUT2D eigenvalue weighted by molar-refractivity contribution is 5.74. The Morgan fingerprint density at radius 1 is 1.21 bits per heavy atom. The Balaban J connectivity index is 1.74. The zero-order valence-corrected chi connectivity index (χ0v) is 11.8. The van der Waals surface area contributed by atoms with Crippen molar-refractivity contribution in [2.24, 2.45) is 11.8 Å². The maximum Gasteiger partial charge on any atom is 0.150 e. The van der Waals surface area contributed by atoms with Gasteiger partial charge in [-0.2, -0.15) is 0 Å². The van der Waals surface area contributed by atoms with Crippen LogP contribution in [0.4, 0.5) is 0 Å². The van der Waals surface area contributed by atoms with Gasteiger partial charge >= 0.3 is 0 Å². The molecule has 3 heteroatoms. The SMILES string of the molecule is C[C@@H]1C[C@@H](C)CN(CCOc2ccc(C=O)cc2)C1. The third kappa shape index (κ3) is 4.35. The molecule has 3 nitrogen and oxygen atoms in total. The van der Waals surface area contributed by atoms with Crippen molar-refractivity contribution in [3.8, 4) is 5.75 Å². The van der Waals surface area contributed by atoms with Gasteiger partial charge in [0, 0.05) is 25.2 Å². The summed E-state index contributed by atoms with van der Waals surface area (Å²) in [5.74, 6) is 2.41. The van der Waals surface area contributed by atoms with E-state index in [0.29, 0.717) is 12.2 Å². The lowest BCUT2D eigenvalue weighted by Crippen LogP contribution is -2.40. The van der Waals surface area contributed by atoms with Crippen LogP contribution in [0.25, 0.3) is 0 Å². The first-order valence-corrected chi connectivity index (χ1v) is 7.07. The normalized spacial score (nSPS) is 24.1. The number of carbonyl (C=O) groups excluding carboxylic acids is 1. The van der Waals surface area contributed by atoms with Crippen molar-refractivity contribution in [3.05, 3.63) is 29.8 Å². The molecule has 19 heavy (non-hydrogen) atoms. The second kappa shape index (κ2) is 6.71. The van der Waals surface area contributed by atoms with Crippen molar-refractivity contribution in [1.82, 2.24) is 4.90 Å². The predicted octanol–water partition coefficient (Wildman–Crippen LogP) is 2.86. The van der Waals surface area contributed by atoms with Crippen LogP contribution in [0.2, 0.25) is 0 Å². The molecule has 0 amide bonds. The van der Waals surface area contributed by atoms with E-state index in [0.717, 1.165) is 30.4 Å². The number of rotatable bonds is 5. The van der Waals surface area contributed by atoms with Crippen molar-refractivity contribution in [1.29, 1.82) is 0 Å². The summed E-state index contributed by atoms with van der Waals surface area (Å²) in [5.41, 5.74) is 0.686. The van der Waals surface area contributed by atoms with Gasteiger partial charge in [0.2, 0.25) is 0 Å². The van der Waals surface area contributed by atoms with Crippen LogP contribution >= 0.6 is 0 Å². The molecule has 0 bridgehead atoms. The van der Waals surface area contributed by atoms with Crippen LogP contribution in [0.5, 0.6) is 5.75 Å². The smallest absolute Gasteiger partial charge is 0.150 e. The lowest BCUT2D eigenvalue weighted by Gasteiger charge is -2.34. The van der Waals surface area contributed by atoms with Crippen molar-refractivity contribution in [2.45, 2.75) is 20.3 Å². The molecule has 0 radical (unpaired) electrons. The molecule has 1 heterocycles. The molecule has 1 aromatic rings. The van der Waals surface area contributed by atoms with E-state index in [1.54, 1.807) is 12.1 Å². The molecule has 0 aliphatic carbocycles. The van der Waals surface area contributed by atoms with Crippen LogP contribution in [0.15, 0.2) is 24.3 Å². The summed E-state index contributed by atoms with van der Waals surface area (Å²) in [4.78, 5) is 13.0. The molecular weight excluding hydrogens is 238 g/mol. The quantitative estimate of drug-likeness (QED) is 0.763.